The Bertz CT molecular complexity index is 510. The summed E-state index contributed by atoms with van der Waals surface area (Å²) in [5.41, 5.74) is 7.39. The second-order valence-corrected chi connectivity index (χ2v) is 5.44. The lowest BCUT2D eigenvalue weighted by molar-refractivity contribution is -0.126. The fourth-order valence-electron chi connectivity index (χ4n) is 2.71. The van der Waals surface area contributed by atoms with Crippen molar-refractivity contribution in [2.45, 2.75) is 32.7 Å². The number of amides is 1. The first kappa shape index (κ1) is 14.6. The van der Waals surface area contributed by atoms with E-state index in [-0.39, 0.29) is 11.8 Å². The number of nitrogens with two attached hydrogens (primary N) is 1. The van der Waals surface area contributed by atoms with Crippen LogP contribution in [0.4, 0.5) is 0 Å². The van der Waals surface area contributed by atoms with Gasteiger partial charge < -0.3 is 11.1 Å². The molecule has 1 fully saturated rings. The van der Waals surface area contributed by atoms with Gasteiger partial charge in [0.2, 0.25) is 5.91 Å². The Morgan fingerprint density at radius 3 is 2.70 bits per heavy atom. The van der Waals surface area contributed by atoms with E-state index >= 15 is 0 Å². The summed E-state index contributed by atoms with van der Waals surface area (Å²) < 4.78 is 0. The van der Waals surface area contributed by atoms with Gasteiger partial charge in [-0.15, -0.1) is 0 Å². The van der Waals surface area contributed by atoms with E-state index in [0.717, 1.165) is 17.5 Å². The van der Waals surface area contributed by atoms with Crippen molar-refractivity contribution in [3.63, 3.8) is 0 Å². The molecule has 0 aliphatic heterocycles. The van der Waals surface area contributed by atoms with Crippen molar-refractivity contribution in [1.29, 1.82) is 0 Å². The van der Waals surface area contributed by atoms with Crippen molar-refractivity contribution in [2.75, 3.05) is 6.54 Å². The van der Waals surface area contributed by atoms with Crippen molar-refractivity contribution in [2.24, 2.45) is 17.6 Å². The summed E-state index contributed by atoms with van der Waals surface area (Å²) in [4.78, 5) is 12.1. The van der Waals surface area contributed by atoms with Gasteiger partial charge in [-0.1, -0.05) is 37.3 Å². The predicted molar refractivity (Wildman–Crippen MR) is 80.7 cm³/mol. The topological polar surface area (TPSA) is 55.1 Å². The summed E-state index contributed by atoms with van der Waals surface area (Å²) in [5.74, 6) is 6.72. The molecule has 1 aromatic rings. The van der Waals surface area contributed by atoms with Gasteiger partial charge in [-0.2, -0.15) is 0 Å². The molecular weight excluding hydrogens is 248 g/mol. The number of rotatable bonds is 3. The number of nitrogens with one attached hydrogen (secondary N) is 1. The summed E-state index contributed by atoms with van der Waals surface area (Å²) in [5, 5.41) is 3.04. The fourth-order valence-corrected chi connectivity index (χ4v) is 2.71. The monoisotopic (exact) mass is 270 g/mol. The molecule has 0 heterocycles. The van der Waals surface area contributed by atoms with Gasteiger partial charge >= 0.3 is 0 Å². The Hall–Kier alpha value is -1.79. The highest BCUT2D eigenvalue weighted by Gasteiger charge is 2.29. The third-order valence-corrected chi connectivity index (χ3v) is 3.95. The number of hydrogen-bond donors (Lipinski definition) is 2. The molecule has 1 aromatic carbocycles. The van der Waals surface area contributed by atoms with Crippen LogP contribution in [-0.4, -0.2) is 12.5 Å². The van der Waals surface area contributed by atoms with E-state index in [1.165, 1.54) is 12.8 Å². The van der Waals surface area contributed by atoms with Crippen molar-refractivity contribution < 1.29 is 4.79 Å². The zero-order valence-electron chi connectivity index (χ0n) is 12.0. The number of benzene rings is 1. The molecule has 0 saturated heterocycles. The van der Waals surface area contributed by atoms with E-state index in [1.807, 2.05) is 24.3 Å². The third kappa shape index (κ3) is 3.85. The largest absolute Gasteiger partial charge is 0.352 e. The Kier molecular flexibility index (Phi) is 5.20. The summed E-state index contributed by atoms with van der Waals surface area (Å²) in [7, 11) is 0. The minimum Gasteiger partial charge on any atom is -0.352 e. The van der Waals surface area contributed by atoms with Crippen molar-refractivity contribution in [3.05, 3.63) is 35.4 Å². The predicted octanol–water partition coefficient (Wildman–Crippen LogP) is 2.05. The van der Waals surface area contributed by atoms with Gasteiger partial charge in [-0.3, -0.25) is 4.79 Å². The van der Waals surface area contributed by atoms with E-state index in [1.54, 1.807) is 0 Å². The maximum Gasteiger partial charge on any atom is 0.223 e. The first-order valence-electron chi connectivity index (χ1n) is 7.26. The Morgan fingerprint density at radius 1 is 1.35 bits per heavy atom. The highest BCUT2D eigenvalue weighted by Crippen LogP contribution is 2.31. The zero-order chi connectivity index (χ0) is 14.4. The molecule has 3 heteroatoms. The van der Waals surface area contributed by atoms with Gasteiger partial charge in [0, 0.05) is 18.0 Å². The number of carbonyl (C=O) groups excluding carboxylic acids is 1. The molecule has 2 unspecified atom stereocenters. The molecule has 0 spiro atoms. The summed E-state index contributed by atoms with van der Waals surface area (Å²) in [6, 6.07) is 7.92. The molecule has 0 aromatic heterocycles. The standard InChI is InChI=1S/C17H22N2O/c1-13-4-2-6-16(13)17(20)19-12-15-9-7-14(8-10-15)5-3-11-18/h7-10,13,16H,2,4,6,11-12,18H2,1H3,(H,19,20). The molecule has 2 rings (SSSR count). The lowest BCUT2D eigenvalue weighted by Gasteiger charge is -2.15. The maximum atomic E-state index is 12.1. The van der Waals surface area contributed by atoms with Crippen LogP contribution in [0.3, 0.4) is 0 Å². The van der Waals surface area contributed by atoms with Crippen LogP contribution < -0.4 is 11.1 Å². The van der Waals surface area contributed by atoms with Gasteiger partial charge in [0.25, 0.3) is 0 Å². The van der Waals surface area contributed by atoms with Gasteiger partial charge in [-0.25, -0.2) is 0 Å². The maximum absolute atomic E-state index is 12.1. The first-order valence-corrected chi connectivity index (χ1v) is 7.26. The lowest BCUT2D eigenvalue weighted by Crippen LogP contribution is -2.31. The minimum atomic E-state index is 0.196. The average molecular weight is 270 g/mol. The minimum absolute atomic E-state index is 0.196. The molecule has 0 bridgehead atoms. The second-order valence-electron chi connectivity index (χ2n) is 5.44. The van der Waals surface area contributed by atoms with E-state index in [4.69, 9.17) is 5.73 Å². The quantitative estimate of drug-likeness (QED) is 0.826. The molecule has 3 nitrogen and oxygen atoms in total. The summed E-state index contributed by atoms with van der Waals surface area (Å²) >= 11 is 0. The third-order valence-electron chi connectivity index (χ3n) is 3.95. The SMILES string of the molecule is CC1CCCC1C(=O)NCc1ccc(C#CCN)cc1. The Labute approximate surface area is 120 Å². The molecule has 1 saturated carbocycles. The van der Waals surface area contributed by atoms with Crippen LogP contribution in [0.5, 0.6) is 0 Å². The van der Waals surface area contributed by atoms with Gasteiger partial charge in [0.15, 0.2) is 0 Å². The molecule has 3 N–H and O–H groups in total. The van der Waals surface area contributed by atoms with Crippen LogP contribution in [-0.2, 0) is 11.3 Å². The van der Waals surface area contributed by atoms with Crippen LogP contribution in [0.25, 0.3) is 0 Å². The van der Waals surface area contributed by atoms with Crippen LogP contribution in [0.2, 0.25) is 0 Å². The molecule has 106 valence electrons. The molecular formula is C17H22N2O. The highest BCUT2D eigenvalue weighted by molar-refractivity contribution is 5.79. The Morgan fingerprint density at radius 2 is 2.10 bits per heavy atom. The zero-order valence-corrected chi connectivity index (χ0v) is 12.0. The van der Waals surface area contributed by atoms with E-state index < -0.39 is 0 Å². The Balaban J connectivity index is 1.86. The van der Waals surface area contributed by atoms with Crippen molar-refractivity contribution in [3.8, 4) is 11.8 Å². The molecule has 1 amide bonds. The fraction of sp³-hybridized carbons (Fsp3) is 0.471. The first-order chi connectivity index (χ1) is 9.70. The summed E-state index contributed by atoms with van der Waals surface area (Å²) in [6.07, 6.45) is 3.38. The van der Waals surface area contributed by atoms with E-state index in [2.05, 4.69) is 24.1 Å². The second kappa shape index (κ2) is 7.12. The number of carbonyl (C=O) groups is 1. The van der Waals surface area contributed by atoms with Crippen LogP contribution in [0, 0.1) is 23.7 Å². The normalized spacial score (nSPS) is 21.1. The summed E-state index contributed by atoms with van der Waals surface area (Å²) in [6.45, 7) is 3.13. The van der Waals surface area contributed by atoms with E-state index in [0.29, 0.717) is 19.0 Å². The average Bonchev–Trinajstić information content (AvgIpc) is 2.90. The van der Waals surface area contributed by atoms with Gasteiger partial charge in [0.05, 0.1) is 6.54 Å². The molecule has 1 aliphatic rings. The van der Waals surface area contributed by atoms with Gasteiger partial charge in [0.1, 0.15) is 0 Å². The van der Waals surface area contributed by atoms with E-state index in [9.17, 15) is 4.79 Å². The molecule has 20 heavy (non-hydrogen) atoms. The number of hydrogen-bond acceptors (Lipinski definition) is 2. The van der Waals surface area contributed by atoms with Gasteiger partial charge in [-0.05, 0) is 36.5 Å². The van der Waals surface area contributed by atoms with Crippen LogP contribution in [0.1, 0.15) is 37.3 Å². The van der Waals surface area contributed by atoms with Crippen LogP contribution >= 0.6 is 0 Å². The molecule has 2 atom stereocenters. The smallest absolute Gasteiger partial charge is 0.223 e. The highest BCUT2D eigenvalue weighted by atomic mass is 16.1. The molecule has 1 aliphatic carbocycles. The van der Waals surface area contributed by atoms with Crippen LogP contribution in [0.15, 0.2) is 24.3 Å². The lowest BCUT2D eigenvalue weighted by atomic mass is 9.97. The van der Waals surface area contributed by atoms with Crippen molar-refractivity contribution >= 4 is 5.91 Å². The van der Waals surface area contributed by atoms with Crippen molar-refractivity contribution in [1.82, 2.24) is 5.32 Å². The molecule has 0 radical (unpaired) electrons.